The lowest BCUT2D eigenvalue weighted by atomic mass is 10.1. The highest BCUT2D eigenvalue weighted by molar-refractivity contribution is 4.80. The molecule has 1 atom stereocenters. The van der Waals surface area contributed by atoms with Gasteiger partial charge < -0.3 is 5.11 Å². The molecule has 0 bridgehead atoms. The summed E-state index contributed by atoms with van der Waals surface area (Å²) in [6.45, 7) is 4.74. The summed E-state index contributed by atoms with van der Waals surface area (Å²) in [6.07, 6.45) is 1.18. The first-order valence-corrected chi connectivity index (χ1v) is 3.23. The minimum Gasteiger partial charge on any atom is -0.395 e. The second-order valence-corrected chi connectivity index (χ2v) is 2.25. The minimum atomic E-state index is 0.341. The molecule has 1 rings (SSSR count). The molecule has 8 heavy (non-hydrogen) atoms. The number of nitrogens with zero attached hydrogens (tertiary/aromatic N) is 1. The maximum Gasteiger partial charge on any atom is 0.0587 e. The third kappa shape index (κ3) is 0.858. The maximum atomic E-state index is 8.65. The van der Waals surface area contributed by atoms with Crippen LogP contribution in [0.15, 0.2) is 0 Å². The van der Waals surface area contributed by atoms with Gasteiger partial charge in [0.15, 0.2) is 0 Å². The molecule has 0 aromatic heterocycles. The van der Waals surface area contributed by atoms with Crippen LogP contribution in [0.4, 0.5) is 0 Å². The van der Waals surface area contributed by atoms with Crippen molar-refractivity contribution in [1.29, 1.82) is 0 Å². The fraction of sp³-hybridized carbons (Fsp3) is 1.00. The summed E-state index contributed by atoms with van der Waals surface area (Å²) in [4.78, 5) is 2.28. The highest BCUT2D eigenvalue weighted by Gasteiger charge is 2.24. The van der Waals surface area contributed by atoms with E-state index in [2.05, 4.69) is 11.8 Å². The molecule has 48 valence electrons. The molecule has 0 saturated carbocycles. The van der Waals surface area contributed by atoms with Gasteiger partial charge in [-0.15, -0.1) is 0 Å². The van der Waals surface area contributed by atoms with E-state index in [1.807, 2.05) is 0 Å². The normalized spacial score (nSPS) is 30.0. The standard InChI is InChI=1S/C6H13NO/c1-2-7-4-3-6(7)5-8/h6,8H,2-5H2,1H3/t6-/m1/s1. The van der Waals surface area contributed by atoms with Gasteiger partial charge in [0.25, 0.3) is 0 Å². The Bertz CT molecular complexity index is 60.9. The monoisotopic (exact) mass is 115 g/mol. The summed E-state index contributed by atoms with van der Waals surface area (Å²) in [5, 5.41) is 8.65. The smallest absolute Gasteiger partial charge is 0.0587 e. The van der Waals surface area contributed by atoms with E-state index in [9.17, 15) is 0 Å². The Labute approximate surface area is 50.1 Å². The van der Waals surface area contributed by atoms with Crippen LogP contribution in [0.5, 0.6) is 0 Å². The summed E-state index contributed by atoms with van der Waals surface area (Å²) in [6, 6.07) is 0.486. The van der Waals surface area contributed by atoms with E-state index in [-0.39, 0.29) is 0 Å². The first-order valence-electron chi connectivity index (χ1n) is 3.23. The first-order chi connectivity index (χ1) is 3.88. The second-order valence-electron chi connectivity index (χ2n) is 2.25. The molecule has 0 aromatic carbocycles. The van der Waals surface area contributed by atoms with E-state index in [0.717, 1.165) is 6.54 Å². The van der Waals surface area contributed by atoms with E-state index in [4.69, 9.17) is 5.11 Å². The van der Waals surface area contributed by atoms with E-state index in [1.54, 1.807) is 0 Å². The van der Waals surface area contributed by atoms with E-state index in [0.29, 0.717) is 12.6 Å². The zero-order valence-electron chi connectivity index (χ0n) is 5.30. The maximum absolute atomic E-state index is 8.65. The predicted octanol–water partition coefficient (Wildman–Crippen LogP) is 0.0729. The van der Waals surface area contributed by atoms with E-state index < -0.39 is 0 Å². The van der Waals surface area contributed by atoms with E-state index in [1.165, 1.54) is 13.0 Å². The average Bonchev–Trinajstić information content (AvgIpc) is 1.66. The summed E-state index contributed by atoms with van der Waals surface area (Å²) in [5.74, 6) is 0. The van der Waals surface area contributed by atoms with Crippen LogP contribution in [0.2, 0.25) is 0 Å². The zero-order chi connectivity index (χ0) is 5.98. The van der Waals surface area contributed by atoms with Crippen molar-refractivity contribution in [3.05, 3.63) is 0 Å². The SMILES string of the molecule is CCN1CC[C@@H]1CO. The Kier molecular flexibility index (Phi) is 1.86. The molecular formula is C6H13NO. The van der Waals surface area contributed by atoms with Crippen LogP contribution >= 0.6 is 0 Å². The molecule has 0 unspecified atom stereocenters. The van der Waals surface area contributed by atoms with Crippen molar-refractivity contribution in [2.45, 2.75) is 19.4 Å². The lowest BCUT2D eigenvalue weighted by Gasteiger charge is -2.38. The molecule has 1 aliphatic heterocycles. The molecule has 1 fully saturated rings. The number of likely N-dealkylation sites (tertiary alicyclic amines) is 1. The van der Waals surface area contributed by atoms with Crippen molar-refractivity contribution in [2.24, 2.45) is 0 Å². The molecule has 0 aliphatic carbocycles. The highest BCUT2D eigenvalue weighted by atomic mass is 16.3. The predicted molar refractivity (Wildman–Crippen MR) is 32.7 cm³/mol. The molecule has 1 heterocycles. The zero-order valence-corrected chi connectivity index (χ0v) is 5.30. The number of aliphatic hydroxyl groups excluding tert-OH is 1. The number of aliphatic hydroxyl groups is 1. The van der Waals surface area contributed by atoms with Gasteiger partial charge in [-0.05, 0) is 13.0 Å². The summed E-state index contributed by atoms with van der Waals surface area (Å²) < 4.78 is 0. The molecule has 0 radical (unpaired) electrons. The van der Waals surface area contributed by atoms with Crippen molar-refractivity contribution < 1.29 is 5.11 Å². The van der Waals surface area contributed by atoms with Crippen LogP contribution in [0.25, 0.3) is 0 Å². The van der Waals surface area contributed by atoms with Gasteiger partial charge in [-0.25, -0.2) is 0 Å². The minimum absolute atomic E-state index is 0.341. The topological polar surface area (TPSA) is 23.5 Å². The lowest BCUT2D eigenvalue weighted by Crippen LogP contribution is -2.49. The summed E-state index contributed by atoms with van der Waals surface area (Å²) in [7, 11) is 0. The third-order valence-corrected chi connectivity index (χ3v) is 1.88. The lowest BCUT2D eigenvalue weighted by molar-refractivity contribution is 0.0476. The van der Waals surface area contributed by atoms with Gasteiger partial charge in [0.1, 0.15) is 0 Å². The molecule has 0 spiro atoms. The highest BCUT2D eigenvalue weighted by Crippen LogP contribution is 2.14. The Balaban J connectivity index is 2.16. The van der Waals surface area contributed by atoms with Gasteiger partial charge in [-0.1, -0.05) is 6.92 Å². The van der Waals surface area contributed by atoms with Gasteiger partial charge >= 0.3 is 0 Å². The quantitative estimate of drug-likeness (QED) is 0.550. The fourth-order valence-electron chi connectivity index (χ4n) is 1.12. The van der Waals surface area contributed by atoms with Crippen LogP contribution in [0.3, 0.4) is 0 Å². The van der Waals surface area contributed by atoms with Crippen molar-refractivity contribution in [2.75, 3.05) is 19.7 Å². The van der Waals surface area contributed by atoms with Crippen LogP contribution < -0.4 is 0 Å². The molecule has 1 aliphatic rings. The van der Waals surface area contributed by atoms with Crippen molar-refractivity contribution in [3.8, 4) is 0 Å². The summed E-state index contributed by atoms with van der Waals surface area (Å²) >= 11 is 0. The molecule has 0 amide bonds. The van der Waals surface area contributed by atoms with Crippen LogP contribution in [-0.2, 0) is 0 Å². The van der Waals surface area contributed by atoms with Crippen molar-refractivity contribution in [1.82, 2.24) is 4.90 Å². The van der Waals surface area contributed by atoms with Gasteiger partial charge in [-0.3, -0.25) is 4.90 Å². The largest absolute Gasteiger partial charge is 0.395 e. The van der Waals surface area contributed by atoms with E-state index >= 15 is 0 Å². The molecule has 2 nitrogen and oxygen atoms in total. The molecule has 1 N–H and O–H groups in total. The molecule has 2 heteroatoms. The Hall–Kier alpha value is -0.0800. The van der Waals surface area contributed by atoms with Gasteiger partial charge in [0, 0.05) is 12.6 Å². The number of likely N-dealkylation sites (N-methyl/N-ethyl adjacent to an activating group) is 1. The number of rotatable bonds is 2. The Morgan fingerprint density at radius 2 is 2.50 bits per heavy atom. The summed E-state index contributed by atoms with van der Waals surface area (Å²) in [5.41, 5.74) is 0. The number of hydrogen-bond acceptors (Lipinski definition) is 2. The second kappa shape index (κ2) is 2.46. The van der Waals surface area contributed by atoms with Gasteiger partial charge in [0.2, 0.25) is 0 Å². The van der Waals surface area contributed by atoms with Gasteiger partial charge in [0.05, 0.1) is 6.61 Å². The van der Waals surface area contributed by atoms with Crippen LogP contribution in [0.1, 0.15) is 13.3 Å². The third-order valence-electron chi connectivity index (χ3n) is 1.88. The first kappa shape index (κ1) is 6.05. The Morgan fingerprint density at radius 3 is 2.62 bits per heavy atom. The molecule has 0 aromatic rings. The fourth-order valence-corrected chi connectivity index (χ4v) is 1.12. The Morgan fingerprint density at radius 1 is 1.75 bits per heavy atom. The average molecular weight is 115 g/mol. The molecular weight excluding hydrogens is 102 g/mol. The van der Waals surface area contributed by atoms with Crippen molar-refractivity contribution in [3.63, 3.8) is 0 Å². The molecule has 1 saturated heterocycles. The van der Waals surface area contributed by atoms with Crippen LogP contribution in [-0.4, -0.2) is 35.7 Å². The van der Waals surface area contributed by atoms with Gasteiger partial charge in [-0.2, -0.15) is 0 Å². The van der Waals surface area contributed by atoms with Crippen molar-refractivity contribution >= 4 is 0 Å². The van der Waals surface area contributed by atoms with Crippen LogP contribution in [0, 0.1) is 0 Å². The number of hydrogen-bond donors (Lipinski definition) is 1.